The third-order valence-electron chi connectivity index (χ3n) is 2.35. The molecule has 15 heavy (non-hydrogen) atoms. The van der Waals surface area contributed by atoms with Crippen molar-refractivity contribution in [3.05, 3.63) is 35.1 Å². The summed E-state index contributed by atoms with van der Waals surface area (Å²) >= 11 is 0. The Labute approximate surface area is 95.7 Å². The van der Waals surface area contributed by atoms with Crippen LogP contribution >= 0.6 is 12.4 Å². The van der Waals surface area contributed by atoms with Crippen molar-refractivity contribution in [2.24, 2.45) is 5.73 Å². The maximum absolute atomic E-state index is 13.4. The Morgan fingerprint density at radius 1 is 1.47 bits per heavy atom. The predicted molar refractivity (Wildman–Crippen MR) is 61.6 cm³/mol. The molecule has 86 valence electrons. The Hall–Kier alpha value is -0.640. The molecule has 0 aliphatic carbocycles. The first-order valence-corrected chi connectivity index (χ1v) is 4.76. The topological polar surface area (TPSA) is 46.2 Å². The summed E-state index contributed by atoms with van der Waals surface area (Å²) in [7, 11) is 0. The van der Waals surface area contributed by atoms with Gasteiger partial charge < -0.3 is 10.8 Å². The molecule has 0 saturated carbocycles. The Morgan fingerprint density at radius 2 is 2.07 bits per heavy atom. The molecule has 0 fully saturated rings. The summed E-state index contributed by atoms with van der Waals surface area (Å²) in [5.41, 5.74) is 6.94. The van der Waals surface area contributed by atoms with Gasteiger partial charge in [-0.25, -0.2) is 4.39 Å². The predicted octanol–water partition coefficient (Wildman–Crippen LogP) is 2.33. The van der Waals surface area contributed by atoms with Gasteiger partial charge in [0.05, 0.1) is 12.1 Å². The van der Waals surface area contributed by atoms with Crippen LogP contribution in [-0.2, 0) is 0 Å². The van der Waals surface area contributed by atoms with Gasteiger partial charge in [0.2, 0.25) is 0 Å². The van der Waals surface area contributed by atoms with Crippen molar-refractivity contribution in [3.63, 3.8) is 0 Å². The fourth-order valence-corrected chi connectivity index (χ4v) is 1.36. The number of nitrogens with two attached hydrogens (primary N) is 1. The van der Waals surface area contributed by atoms with Crippen molar-refractivity contribution in [1.82, 2.24) is 0 Å². The van der Waals surface area contributed by atoms with Gasteiger partial charge >= 0.3 is 0 Å². The van der Waals surface area contributed by atoms with Gasteiger partial charge in [-0.15, -0.1) is 12.4 Å². The van der Waals surface area contributed by atoms with Gasteiger partial charge in [-0.3, -0.25) is 0 Å². The van der Waals surface area contributed by atoms with Crippen LogP contribution in [0.3, 0.4) is 0 Å². The zero-order valence-electron chi connectivity index (χ0n) is 8.90. The number of halogens is 2. The van der Waals surface area contributed by atoms with Crippen LogP contribution in [0, 0.1) is 12.7 Å². The third kappa shape index (κ3) is 3.45. The molecule has 4 heteroatoms. The van der Waals surface area contributed by atoms with E-state index >= 15 is 0 Å². The maximum atomic E-state index is 13.4. The highest BCUT2D eigenvalue weighted by molar-refractivity contribution is 5.85. The SMILES string of the molecule is CC[C@@H](O)[C@@H](N)c1ccc(C)cc1F.Cl. The van der Waals surface area contributed by atoms with E-state index in [0.29, 0.717) is 12.0 Å². The summed E-state index contributed by atoms with van der Waals surface area (Å²) in [5.74, 6) is -0.343. The van der Waals surface area contributed by atoms with E-state index in [0.717, 1.165) is 5.56 Å². The van der Waals surface area contributed by atoms with Crippen LogP contribution in [0.2, 0.25) is 0 Å². The van der Waals surface area contributed by atoms with Gasteiger partial charge in [-0.1, -0.05) is 19.1 Å². The first kappa shape index (κ1) is 14.4. The van der Waals surface area contributed by atoms with E-state index in [1.54, 1.807) is 12.1 Å². The van der Waals surface area contributed by atoms with E-state index in [-0.39, 0.29) is 18.2 Å². The zero-order chi connectivity index (χ0) is 10.7. The smallest absolute Gasteiger partial charge is 0.128 e. The van der Waals surface area contributed by atoms with Crippen molar-refractivity contribution in [1.29, 1.82) is 0 Å². The zero-order valence-corrected chi connectivity index (χ0v) is 9.72. The highest BCUT2D eigenvalue weighted by Gasteiger charge is 2.18. The van der Waals surface area contributed by atoms with Crippen LogP contribution < -0.4 is 5.73 Å². The molecule has 1 rings (SSSR count). The Kier molecular flexibility index (Phi) is 5.80. The second-order valence-electron chi connectivity index (χ2n) is 3.53. The molecule has 0 radical (unpaired) electrons. The number of aliphatic hydroxyl groups excluding tert-OH is 1. The number of benzene rings is 1. The molecule has 3 N–H and O–H groups in total. The van der Waals surface area contributed by atoms with Gasteiger partial charge in [0.1, 0.15) is 5.82 Å². The number of hydrogen-bond acceptors (Lipinski definition) is 2. The van der Waals surface area contributed by atoms with Crippen LogP contribution in [0.1, 0.15) is 30.5 Å². The molecule has 0 spiro atoms. The Balaban J connectivity index is 0.00000196. The molecule has 0 aliphatic heterocycles. The summed E-state index contributed by atoms with van der Waals surface area (Å²) < 4.78 is 13.4. The van der Waals surface area contributed by atoms with E-state index in [1.807, 2.05) is 13.8 Å². The lowest BCUT2D eigenvalue weighted by atomic mass is 9.99. The van der Waals surface area contributed by atoms with E-state index in [1.165, 1.54) is 6.07 Å². The highest BCUT2D eigenvalue weighted by Crippen LogP contribution is 2.20. The molecule has 0 saturated heterocycles. The van der Waals surface area contributed by atoms with Crippen LogP contribution in [0.4, 0.5) is 4.39 Å². The fourth-order valence-electron chi connectivity index (χ4n) is 1.36. The molecule has 0 bridgehead atoms. The van der Waals surface area contributed by atoms with Crippen LogP contribution in [0.15, 0.2) is 18.2 Å². The van der Waals surface area contributed by atoms with E-state index in [4.69, 9.17) is 5.73 Å². The molecule has 0 aliphatic rings. The molecular formula is C11H17ClFNO. The maximum Gasteiger partial charge on any atom is 0.128 e. The van der Waals surface area contributed by atoms with Crippen molar-refractivity contribution < 1.29 is 9.50 Å². The standard InChI is InChI=1S/C11H16FNO.ClH/c1-3-10(14)11(13)8-5-4-7(2)6-9(8)12;/h4-6,10-11,14H,3,13H2,1-2H3;1H/t10-,11+;/m1./s1. The molecular weight excluding hydrogens is 217 g/mol. The van der Waals surface area contributed by atoms with Crippen molar-refractivity contribution in [2.75, 3.05) is 0 Å². The lowest BCUT2D eigenvalue weighted by molar-refractivity contribution is 0.139. The average molecular weight is 234 g/mol. The molecule has 1 aromatic carbocycles. The van der Waals surface area contributed by atoms with Crippen molar-refractivity contribution in [2.45, 2.75) is 32.4 Å². The summed E-state index contributed by atoms with van der Waals surface area (Å²) in [5, 5.41) is 9.48. The summed E-state index contributed by atoms with van der Waals surface area (Å²) in [6.45, 7) is 3.63. The summed E-state index contributed by atoms with van der Waals surface area (Å²) in [6, 6.07) is 4.22. The normalized spacial score (nSPS) is 14.2. The van der Waals surface area contributed by atoms with Crippen molar-refractivity contribution >= 4 is 12.4 Å². The third-order valence-corrected chi connectivity index (χ3v) is 2.35. The average Bonchev–Trinajstić information content (AvgIpc) is 2.15. The van der Waals surface area contributed by atoms with Crippen LogP contribution in [0.25, 0.3) is 0 Å². The fraction of sp³-hybridized carbons (Fsp3) is 0.455. The number of rotatable bonds is 3. The molecule has 0 unspecified atom stereocenters. The second-order valence-corrected chi connectivity index (χ2v) is 3.53. The first-order chi connectivity index (χ1) is 6.56. The minimum Gasteiger partial charge on any atom is -0.391 e. The number of aryl methyl sites for hydroxylation is 1. The largest absolute Gasteiger partial charge is 0.391 e. The second kappa shape index (κ2) is 6.05. The van der Waals surface area contributed by atoms with E-state index in [2.05, 4.69) is 0 Å². The van der Waals surface area contributed by atoms with Crippen molar-refractivity contribution in [3.8, 4) is 0 Å². The quantitative estimate of drug-likeness (QED) is 0.842. The van der Waals surface area contributed by atoms with Gasteiger partial charge in [-0.2, -0.15) is 0 Å². The molecule has 2 nitrogen and oxygen atoms in total. The molecule has 0 aromatic heterocycles. The first-order valence-electron chi connectivity index (χ1n) is 4.76. The number of aliphatic hydroxyl groups is 1. The lowest BCUT2D eigenvalue weighted by Crippen LogP contribution is -2.26. The highest BCUT2D eigenvalue weighted by atomic mass is 35.5. The summed E-state index contributed by atoms with van der Waals surface area (Å²) in [4.78, 5) is 0. The number of hydrogen-bond donors (Lipinski definition) is 2. The van der Waals surface area contributed by atoms with Gasteiger partial charge in [-0.05, 0) is 25.0 Å². The van der Waals surface area contributed by atoms with Gasteiger partial charge in [0.15, 0.2) is 0 Å². The van der Waals surface area contributed by atoms with E-state index in [9.17, 15) is 9.50 Å². The van der Waals surface area contributed by atoms with Gasteiger partial charge in [0, 0.05) is 5.56 Å². The molecule has 1 aromatic rings. The molecule has 2 atom stereocenters. The lowest BCUT2D eigenvalue weighted by Gasteiger charge is -2.18. The molecule has 0 heterocycles. The van der Waals surface area contributed by atoms with Crippen LogP contribution in [-0.4, -0.2) is 11.2 Å². The van der Waals surface area contributed by atoms with Gasteiger partial charge in [0.25, 0.3) is 0 Å². The monoisotopic (exact) mass is 233 g/mol. The summed E-state index contributed by atoms with van der Waals surface area (Å²) in [6.07, 6.45) is -0.165. The molecule has 0 amide bonds. The minimum absolute atomic E-state index is 0. The van der Waals surface area contributed by atoms with Crippen LogP contribution in [0.5, 0.6) is 0 Å². The van der Waals surface area contributed by atoms with E-state index < -0.39 is 12.1 Å². The minimum atomic E-state index is -0.688. The Bertz CT molecular complexity index is 319. The Morgan fingerprint density at radius 3 is 2.53 bits per heavy atom.